The van der Waals surface area contributed by atoms with Gasteiger partial charge in [-0.2, -0.15) is 13.2 Å². The Balaban J connectivity index is 3.45. The van der Waals surface area contributed by atoms with Crippen molar-refractivity contribution in [1.82, 2.24) is 0 Å². The molecule has 0 aliphatic rings. The van der Waals surface area contributed by atoms with E-state index in [1.54, 1.807) is 0 Å². The maximum atomic E-state index is 11.6. The number of hydrogen-bond acceptors (Lipinski definition) is 4. The van der Waals surface area contributed by atoms with Crippen LogP contribution in [-0.2, 0) is 14.3 Å². The van der Waals surface area contributed by atoms with Gasteiger partial charge >= 0.3 is 12.1 Å². The Morgan fingerprint density at radius 2 is 2.06 bits per heavy atom. The molecule has 0 heterocycles. The van der Waals surface area contributed by atoms with E-state index >= 15 is 0 Å². The summed E-state index contributed by atoms with van der Waals surface area (Å²) in [5, 5.41) is 9.02. The number of halogens is 3. The molecule has 0 amide bonds. The Bertz CT molecular complexity index is 227. The van der Waals surface area contributed by atoms with Crippen molar-refractivity contribution in [1.29, 1.82) is 0 Å². The molecule has 0 fully saturated rings. The minimum absolute atomic E-state index is 0.0859. The van der Waals surface area contributed by atoms with Crippen LogP contribution in [0.3, 0.4) is 0 Å². The second-order valence-electron chi connectivity index (χ2n) is 2.86. The zero-order valence-corrected chi connectivity index (χ0v) is 8.50. The molecule has 0 saturated heterocycles. The summed E-state index contributed by atoms with van der Waals surface area (Å²) in [5.74, 6) is -0.803. The van der Waals surface area contributed by atoms with Crippen molar-refractivity contribution in [3.8, 4) is 0 Å². The van der Waals surface area contributed by atoms with Crippen molar-refractivity contribution < 1.29 is 32.5 Å². The Morgan fingerprint density at radius 3 is 2.56 bits per heavy atom. The summed E-state index contributed by atoms with van der Waals surface area (Å²) in [5.41, 5.74) is 0. The molecule has 0 aromatic carbocycles. The van der Waals surface area contributed by atoms with Gasteiger partial charge in [0, 0.05) is 12.5 Å². The van der Waals surface area contributed by atoms with Gasteiger partial charge in [-0.25, -0.2) is 4.79 Å². The van der Waals surface area contributed by atoms with Crippen LogP contribution in [0.15, 0.2) is 12.7 Å². The lowest BCUT2D eigenvalue weighted by atomic mass is 10.4. The molecule has 1 N–H and O–H groups in total. The highest BCUT2D eigenvalue weighted by Crippen LogP contribution is 2.18. The molecule has 16 heavy (non-hydrogen) atoms. The lowest BCUT2D eigenvalue weighted by Gasteiger charge is -2.11. The average molecular weight is 242 g/mol. The Kier molecular flexibility index (Phi) is 6.75. The van der Waals surface area contributed by atoms with Crippen LogP contribution in [0.4, 0.5) is 13.2 Å². The number of alkyl halides is 3. The van der Waals surface area contributed by atoms with E-state index in [1.165, 1.54) is 0 Å². The van der Waals surface area contributed by atoms with E-state index in [0.29, 0.717) is 0 Å². The Morgan fingerprint density at radius 1 is 1.44 bits per heavy atom. The van der Waals surface area contributed by atoms with Crippen molar-refractivity contribution in [3.05, 3.63) is 12.7 Å². The highest BCUT2D eigenvalue weighted by molar-refractivity contribution is 5.81. The summed E-state index contributed by atoms with van der Waals surface area (Å²) in [4.78, 5) is 10.6. The first kappa shape index (κ1) is 14.9. The Labute approximate surface area is 90.6 Å². The molecule has 0 aromatic heterocycles. The van der Waals surface area contributed by atoms with Crippen LogP contribution in [0.2, 0.25) is 0 Å². The van der Waals surface area contributed by atoms with Crippen LogP contribution >= 0.6 is 0 Å². The van der Waals surface area contributed by atoms with Crippen LogP contribution < -0.4 is 0 Å². The lowest BCUT2D eigenvalue weighted by molar-refractivity contribution is -0.165. The number of aliphatic hydroxyl groups is 1. The van der Waals surface area contributed by atoms with Crippen LogP contribution in [0.25, 0.3) is 0 Å². The fraction of sp³-hybridized carbons (Fsp3) is 0.667. The lowest BCUT2D eigenvalue weighted by Crippen LogP contribution is -2.19. The van der Waals surface area contributed by atoms with E-state index in [1.807, 2.05) is 0 Å². The van der Waals surface area contributed by atoms with Crippen molar-refractivity contribution in [3.63, 3.8) is 0 Å². The summed E-state index contributed by atoms with van der Waals surface area (Å²) >= 11 is 0. The molecule has 4 nitrogen and oxygen atoms in total. The summed E-state index contributed by atoms with van der Waals surface area (Å²) < 4.78 is 43.9. The van der Waals surface area contributed by atoms with Gasteiger partial charge in [0.1, 0.15) is 0 Å². The molecule has 0 bridgehead atoms. The minimum Gasteiger partial charge on any atom is -0.433 e. The number of ether oxygens (including phenoxy) is 2. The zero-order valence-electron chi connectivity index (χ0n) is 8.50. The van der Waals surface area contributed by atoms with Crippen LogP contribution in [0, 0.1) is 0 Å². The Hall–Kier alpha value is -1.08. The molecule has 0 aliphatic carbocycles. The molecule has 0 radical (unpaired) electrons. The summed E-state index contributed by atoms with van der Waals surface area (Å²) in [6.45, 7) is 2.50. The number of aliphatic hydroxyl groups excluding tert-OH is 1. The molecule has 1 unspecified atom stereocenters. The monoisotopic (exact) mass is 242 g/mol. The van der Waals surface area contributed by atoms with Gasteiger partial charge in [0.15, 0.2) is 0 Å². The van der Waals surface area contributed by atoms with Crippen LogP contribution in [0.5, 0.6) is 0 Å². The molecular weight excluding hydrogens is 229 g/mol. The predicted octanol–water partition coefficient (Wildman–Crippen LogP) is 1.39. The second kappa shape index (κ2) is 7.24. The quantitative estimate of drug-likeness (QED) is 0.317. The summed E-state index contributed by atoms with van der Waals surface area (Å²) in [7, 11) is 0. The van der Waals surface area contributed by atoms with Gasteiger partial charge in [-0.1, -0.05) is 6.58 Å². The molecule has 1 atom stereocenters. The topological polar surface area (TPSA) is 55.8 Å². The molecule has 0 saturated carbocycles. The maximum Gasteiger partial charge on any atom is 0.391 e. The highest BCUT2D eigenvalue weighted by atomic mass is 19.4. The van der Waals surface area contributed by atoms with Gasteiger partial charge in [-0.15, -0.1) is 0 Å². The third-order valence-electron chi connectivity index (χ3n) is 1.46. The normalized spacial score (nSPS) is 13.2. The number of esters is 1. The van der Waals surface area contributed by atoms with E-state index in [4.69, 9.17) is 5.11 Å². The van der Waals surface area contributed by atoms with E-state index in [2.05, 4.69) is 16.1 Å². The second-order valence-corrected chi connectivity index (χ2v) is 2.86. The molecule has 0 rings (SSSR count). The summed E-state index contributed by atoms with van der Waals surface area (Å²) in [6.07, 6.45) is -5.91. The fourth-order valence-corrected chi connectivity index (χ4v) is 0.715. The van der Waals surface area contributed by atoms with E-state index in [9.17, 15) is 18.0 Å². The number of hydrogen-bond donors (Lipinski definition) is 1. The first-order chi connectivity index (χ1) is 7.35. The maximum absolute atomic E-state index is 11.6. The van der Waals surface area contributed by atoms with Crippen molar-refractivity contribution in [2.75, 3.05) is 13.2 Å². The standard InChI is InChI=1S/C9H13F3O4/c1-2-7(13)16-8(14)3-5-15-6-4-9(10,11)12/h2,8,14H,1,3-6H2. The van der Waals surface area contributed by atoms with Crippen LogP contribution in [-0.4, -0.2) is 36.8 Å². The van der Waals surface area contributed by atoms with Gasteiger partial charge in [0.2, 0.25) is 6.29 Å². The first-order valence-corrected chi connectivity index (χ1v) is 4.51. The molecule has 0 aromatic rings. The number of carbonyl (C=O) groups is 1. The molecule has 0 spiro atoms. The summed E-state index contributed by atoms with van der Waals surface area (Å²) in [6, 6.07) is 0. The SMILES string of the molecule is C=CC(=O)OC(O)CCOCCC(F)(F)F. The van der Waals surface area contributed by atoms with Gasteiger partial charge in [0.05, 0.1) is 19.6 Å². The largest absolute Gasteiger partial charge is 0.433 e. The van der Waals surface area contributed by atoms with Gasteiger partial charge < -0.3 is 14.6 Å². The van der Waals surface area contributed by atoms with Crippen molar-refractivity contribution in [2.24, 2.45) is 0 Å². The third-order valence-corrected chi connectivity index (χ3v) is 1.46. The predicted molar refractivity (Wildman–Crippen MR) is 48.4 cm³/mol. The van der Waals surface area contributed by atoms with Crippen molar-refractivity contribution in [2.45, 2.75) is 25.3 Å². The molecule has 0 aliphatic heterocycles. The fourth-order valence-electron chi connectivity index (χ4n) is 0.715. The molecule has 7 heteroatoms. The van der Waals surface area contributed by atoms with E-state index in [-0.39, 0.29) is 13.0 Å². The smallest absolute Gasteiger partial charge is 0.391 e. The van der Waals surface area contributed by atoms with E-state index < -0.39 is 31.5 Å². The van der Waals surface area contributed by atoms with Gasteiger partial charge in [-0.05, 0) is 0 Å². The van der Waals surface area contributed by atoms with Crippen LogP contribution in [0.1, 0.15) is 12.8 Å². The minimum atomic E-state index is -4.26. The third kappa shape index (κ3) is 9.47. The van der Waals surface area contributed by atoms with Crippen molar-refractivity contribution >= 4 is 5.97 Å². The average Bonchev–Trinajstić information content (AvgIpc) is 2.15. The van der Waals surface area contributed by atoms with Gasteiger partial charge in [0.25, 0.3) is 0 Å². The van der Waals surface area contributed by atoms with E-state index in [0.717, 1.165) is 6.08 Å². The highest BCUT2D eigenvalue weighted by Gasteiger charge is 2.26. The number of carbonyl (C=O) groups excluding carboxylic acids is 1. The van der Waals surface area contributed by atoms with Gasteiger partial charge in [-0.3, -0.25) is 0 Å². The first-order valence-electron chi connectivity index (χ1n) is 4.51. The number of rotatable bonds is 7. The molecule has 94 valence electrons. The molecular formula is C9H13F3O4. The zero-order chi connectivity index (χ0) is 12.6.